The fourth-order valence-electron chi connectivity index (χ4n) is 1.84. The molecule has 20 heavy (non-hydrogen) atoms. The van der Waals surface area contributed by atoms with Gasteiger partial charge in [-0.2, -0.15) is 0 Å². The monoisotopic (exact) mass is 288 g/mol. The van der Waals surface area contributed by atoms with Crippen molar-refractivity contribution in [2.45, 2.75) is 38.9 Å². The highest BCUT2D eigenvalue weighted by atomic mass is 16.5. The van der Waals surface area contributed by atoms with E-state index in [-0.39, 0.29) is 25.3 Å². The number of rotatable bonds is 7. The Morgan fingerprint density at radius 2 is 2.20 bits per heavy atom. The summed E-state index contributed by atoms with van der Waals surface area (Å²) in [5.41, 5.74) is 0. The molecule has 1 unspecified atom stereocenters. The van der Waals surface area contributed by atoms with Gasteiger partial charge in [-0.15, -0.1) is 0 Å². The van der Waals surface area contributed by atoms with E-state index in [1.807, 2.05) is 13.8 Å². The zero-order valence-electron chi connectivity index (χ0n) is 12.1. The van der Waals surface area contributed by atoms with Crippen molar-refractivity contribution in [1.82, 2.24) is 10.2 Å². The van der Waals surface area contributed by atoms with Crippen molar-refractivity contribution in [3.63, 3.8) is 0 Å². The Bertz CT molecular complexity index is 322. The molecule has 2 N–H and O–H groups in total. The lowest BCUT2D eigenvalue weighted by atomic mass is 10.3. The molecular formula is C13H24N2O5. The van der Waals surface area contributed by atoms with Crippen LogP contribution in [0, 0.1) is 0 Å². The lowest BCUT2D eigenvalue weighted by molar-refractivity contribution is -0.154. The molecule has 0 spiro atoms. The zero-order valence-corrected chi connectivity index (χ0v) is 12.1. The normalized spacial score (nSPS) is 19.1. The fourth-order valence-corrected chi connectivity index (χ4v) is 1.84. The van der Waals surface area contributed by atoms with E-state index in [0.717, 1.165) is 12.8 Å². The smallest absolute Gasteiger partial charge is 0.334 e. The molecule has 0 aliphatic carbocycles. The molecule has 0 bridgehead atoms. The third-order valence-electron chi connectivity index (χ3n) is 2.93. The van der Waals surface area contributed by atoms with E-state index in [2.05, 4.69) is 5.32 Å². The van der Waals surface area contributed by atoms with E-state index in [4.69, 9.17) is 14.6 Å². The first-order chi connectivity index (χ1) is 9.50. The highest BCUT2D eigenvalue weighted by Gasteiger charge is 2.28. The van der Waals surface area contributed by atoms with Crippen molar-refractivity contribution in [3.8, 4) is 0 Å². The largest absolute Gasteiger partial charge is 0.479 e. The standard InChI is InChI=1S/C13H24N2O5/c1-10(2)19-7-4-3-5-14-13(18)15-6-8-20-11(9-15)12(16)17/h10-11H,3-9H2,1-2H3,(H,14,18)(H,16,17). The highest BCUT2D eigenvalue weighted by molar-refractivity contribution is 5.77. The number of carboxylic acid groups (broad SMARTS) is 1. The summed E-state index contributed by atoms with van der Waals surface area (Å²) in [6.45, 7) is 6.00. The Hall–Kier alpha value is -1.34. The summed E-state index contributed by atoms with van der Waals surface area (Å²) < 4.78 is 10.5. The molecule has 0 aromatic rings. The SMILES string of the molecule is CC(C)OCCCCNC(=O)N1CCOC(C(=O)O)C1. The van der Waals surface area contributed by atoms with Crippen LogP contribution in [0.4, 0.5) is 4.79 Å². The molecule has 1 aliphatic rings. The predicted octanol–water partition coefficient (Wildman–Crippen LogP) is 0.687. The molecule has 0 aromatic heterocycles. The number of carboxylic acids is 1. The molecule has 0 radical (unpaired) electrons. The fraction of sp³-hybridized carbons (Fsp3) is 0.846. The number of hydrogen-bond donors (Lipinski definition) is 2. The van der Waals surface area contributed by atoms with Crippen molar-refractivity contribution in [1.29, 1.82) is 0 Å². The minimum atomic E-state index is -1.03. The Morgan fingerprint density at radius 3 is 2.85 bits per heavy atom. The second-order valence-corrected chi connectivity index (χ2v) is 5.00. The summed E-state index contributed by atoms with van der Waals surface area (Å²) in [5, 5.41) is 11.6. The second-order valence-electron chi connectivity index (χ2n) is 5.00. The molecule has 1 atom stereocenters. The number of amides is 2. The van der Waals surface area contributed by atoms with Crippen molar-refractivity contribution in [3.05, 3.63) is 0 Å². The van der Waals surface area contributed by atoms with Crippen LogP contribution in [0.2, 0.25) is 0 Å². The van der Waals surface area contributed by atoms with E-state index in [1.165, 1.54) is 4.90 Å². The van der Waals surface area contributed by atoms with Gasteiger partial charge >= 0.3 is 12.0 Å². The molecule has 7 heteroatoms. The molecule has 1 aliphatic heterocycles. The summed E-state index contributed by atoms with van der Waals surface area (Å²) in [6, 6.07) is -0.232. The summed E-state index contributed by atoms with van der Waals surface area (Å²) in [7, 11) is 0. The van der Waals surface area contributed by atoms with Gasteiger partial charge in [0.1, 0.15) is 0 Å². The molecule has 0 saturated carbocycles. The number of hydrogen-bond acceptors (Lipinski definition) is 4. The highest BCUT2D eigenvalue weighted by Crippen LogP contribution is 2.05. The molecule has 116 valence electrons. The van der Waals surface area contributed by atoms with Crippen LogP contribution >= 0.6 is 0 Å². The summed E-state index contributed by atoms with van der Waals surface area (Å²) in [6.07, 6.45) is 1.03. The minimum Gasteiger partial charge on any atom is -0.479 e. The third kappa shape index (κ3) is 6.21. The number of nitrogens with one attached hydrogen (secondary N) is 1. The van der Waals surface area contributed by atoms with Gasteiger partial charge in [-0.25, -0.2) is 9.59 Å². The Labute approximate surface area is 119 Å². The number of urea groups is 1. The number of ether oxygens (including phenoxy) is 2. The third-order valence-corrected chi connectivity index (χ3v) is 2.93. The molecule has 0 aromatic carbocycles. The molecular weight excluding hydrogens is 264 g/mol. The summed E-state index contributed by atoms with van der Waals surface area (Å²) >= 11 is 0. The second kappa shape index (κ2) is 8.76. The maximum Gasteiger partial charge on any atom is 0.334 e. The molecule has 1 saturated heterocycles. The Balaban J connectivity index is 2.14. The predicted molar refractivity (Wildman–Crippen MR) is 72.7 cm³/mol. The maximum atomic E-state index is 11.8. The van der Waals surface area contributed by atoms with Gasteiger partial charge in [-0.3, -0.25) is 0 Å². The van der Waals surface area contributed by atoms with Gasteiger partial charge in [-0.05, 0) is 26.7 Å². The molecule has 1 rings (SSSR count). The van der Waals surface area contributed by atoms with Crippen LogP contribution in [0.25, 0.3) is 0 Å². The summed E-state index contributed by atoms with van der Waals surface area (Å²) in [5.74, 6) is -1.03. The molecule has 1 fully saturated rings. The van der Waals surface area contributed by atoms with E-state index in [1.54, 1.807) is 0 Å². The van der Waals surface area contributed by atoms with Crippen LogP contribution in [0.3, 0.4) is 0 Å². The van der Waals surface area contributed by atoms with Crippen LogP contribution in [-0.2, 0) is 14.3 Å². The van der Waals surface area contributed by atoms with Gasteiger partial charge in [0, 0.05) is 19.7 Å². The quantitative estimate of drug-likeness (QED) is 0.673. The Kier molecular flexibility index (Phi) is 7.32. The van der Waals surface area contributed by atoms with Gasteiger partial charge in [0.15, 0.2) is 6.10 Å². The summed E-state index contributed by atoms with van der Waals surface area (Å²) in [4.78, 5) is 24.1. The van der Waals surface area contributed by atoms with Gasteiger partial charge in [0.05, 0.1) is 19.3 Å². The minimum absolute atomic E-state index is 0.0949. The lowest BCUT2D eigenvalue weighted by Crippen LogP contribution is -2.51. The lowest BCUT2D eigenvalue weighted by Gasteiger charge is -2.30. The topological polar surface area (TPSA) is 88.1 Å². The van der Waals surface area contributed by atoms with Gasteiger partial charge in [0.2, 0.25) is 0 Å². The van der Waals surface area contributed by atoms with Crippen LogP contribution in [0.5, 0.6) is 0 Å². The van der Waals surface area contributed by atoms with E-state index in [0.29, 0.717) is 19.7 Å². The number of aliphatic carboxylic acids is 1. The maximum absolute atomic E-state index is 11.8. The van der Waals surface area contributed by atoms with Crippen molar-refractivity contribution in [2.75, 3.05) is 32.8 Å². The molecule has 2 amide bonds. The zero-order chi connectivity index (χ0) is 15.0. The average Bonchev–Trinajstić information content (AvgIpc) is 2.42. The molecule has 1 heterocycles. The number of nitrogens with zero attached hydrogens (tertiary/aromatic N) is 1. The van der Waals surface area contributed by atoms with Crippen molar-refractivity contribution in [2.24, 2.45) is 0 Å². The Morgan fingerprint density at radius 1 is 1.45 bits per heavy atom. The first-order valence-electron chi connectivity index (χ1n) is 6.99. The van der Waals surface area contributed by atoms with E-state index >= 15 is 0 Å². The van der Waals surface area contributed by atoms with Crippen molar-refractivity contribution < 1.29 is 24.2 Å². The molecule has 7 nitrogen and oxygen atoms in total. The van der Waals surface area contributed by atoms with Crippen LogP contribution in [0.15, 0.2) is 0 Å². The first-order valence-corrected chi connectivity index (χ1v) is 6.99. The first kappa shape index (κ1) is 16.7. The van der Waals surface area contributed by atoms with Crippen molar-refractivity contribution >= 4 is 12.0 Å². The van der Waals surface area contributed by atoms with Gasteiger partial charge in [-0.1, -0.05) is 0 Å². The number of carbonyl (C=O) groups excluding carboxylic acids is 1. The van der Waals surface area contributed by atoms with Gasteiger partial charge in [0.25, 0.3) is 0 Å². The number of unbranched alkanes of at least 4 members (excludes halogenated alkanes) is 1. The van der Waals surface area contributed by atoms with Crippen LogP contribution in [0.1, 0.15) is 26.7 Å². The van der Waals surface area contributed by atoms with E-state index in [9.17, 15) is 9.59 Å². The average molecular weight is 288 g/mol. The number of morpholine rings is 1. The van der Waals surface area contributed by atoms with E-state index < -0.39 is 12.1 Å². The van der Waals surface area contributed by atoms with Gasteiger partial charge < -0.3 is 24.8 Å². The number of carbonyl (C=O) groups is 2. The van der Waals surface area contributed by atoms with Crippen LogP contribution < -0.4 is 5.32 Å². The van der Waals surface area contributed by atoms with Crippen LogP contribution in [-0.4, -0.2) is 67.1 Å².